The molecule has 0 aliphatic carbocycles. The van der Waals surface area contributed by atoms with Gasteiger partial charge in [0, 0.05) is 6.21 Å². The van der Waals surface area contributed by atoms with E-state index in [1.807, 2.05) is 54.7 Å². The van der Waals surface area contributed by atoms with Gasteiger partial charge in [0.1, 0.15) is 23.8 Å². The van der Waals surface area contributed by atoms with Gasteiger partial charge in [0.05, 0.1) is 7.11 Å². The highest BCUT2D eigenvalue weighted by Gasteiger charge is 2.15. The van der Waals surface area contributed by atoms with Gasteiger partial charge in [-0.2, -0.15) is 0 Å². The number of methoxy groups -OCH3 is 1. The van der Waals surface area contributed by atoms with E-state index in [0.29, 0.717) is 6.61 Å². The highest BCUT2D eigenvalue weighted by atomic mass is 16.5. The minimum atomic E-state index is 0.0573. The minimum Gasteiger partial charge on any atom is -0.494 e. The maximum atomic E-state index is 5.91. The molecular weight excluding hydrogens is 346 g/mol. The lowest BCUT2D eigenvalue weighted by molar-refractivity contribution is 0.306. The fourth-order valence-corrected chi connectivity index (χ4v) is 2.83. The third-order valence-electron chi connectivity index (χ3n) is 4.50. The molecule has 3 aromatic carbocycles. The maximum absolute atomic E-state index is 5.91. The van der Waals surface area contributed by atoms with Crippen molar-refractivity contribution in [3.05, 3.63) is 89.5 Å². The number of hydrogen-bond donors (Lipinski definition) is 0. The summed E-state index contributed by atoms with van der Waals surface area (Å²) in [4.78, 5) is 4.68. The van der Waals surface area contributed by atoms with E-state index in [9.17, 15) is 0 Å². The van der Waals surface area contributed by atoms with Crippen LogP contribution in [0.15, 0.2) is 77.8 Å². The Morgan fingerprint density at radius 1 is 0.893 bits per heavy atom. The first kappa shape index (κ1) is 19.7. The summed E-state index contributed by atoms with van der Waals surface area (Å²) >= 11 is 0. The molecule has 28 heavy (non-hydrogen) atoms. The quantitative estimate of drug-likeness (QED) is 0.473. The number of nitrogens with zero attached hydrogens (tertiary/aromatic N) is 1. The highest BCUT2D eigenvalue weighted by molar-refractivity contribution is 5.83. The SMILES string of the molecule is COc1ccc(C(C)(C)C)cc1N=Cc1cccc(OCc2ccccc2)c1. The Kier molecular flexibility index (Phi) is 6.15. The molecule has 3 aromatic rings. The minimum absolute atomic E-state index is 0.0573. The molecule has 0 aliphatic heterocycles. The predicted octanol–water partition coefficient (Wildman–Crippen LogP) is 6.32. The van der Waals surface area contributed by atoms with Crippen molar-refractivity contribution < 1.29 is 9.47 Å². The molecular formula is C25H27NO2. The first-order valence-corrected chi connectivity index (χ1v) is 9.45. The second kappa shape index (κ2) is 8.75. The first-order valence-electron chi connectivity index (χ1n) is 9.45. The van der Waals surface area contributed by atoms with Gasteiger partial charge in [0.2, 0.25) is 0 Å². The zero-order valence-corrected chi connectivity index (χ0v) is 17.0. The average molecular weight is 373 g/mol. The Morgan fingerprint density at radius 2 is 1.68 bits per heavy atom. The summed E-state index contributed by atoms with van der Waals surface area (Å²) in [6.07, 6.45) is 1.85. The van der Waals surface area contributed by atoms with Crippen LogP contribution in [0.2, 0.25) is 0 Å². The third kappa shape index (κ3) is 5.23. The summed E-state index contributed by atoms with van der Waals surface area (Å²) in [5.41, 5.74) is 4.23. The van der Waals surface area contributed by atoms with E-state index < -0.39 is 0 Å². The molecule has 0 spiro atoms. The van der Waals surface area contributed by atoms with E-state index >= 15 is 0 Å². The number of hydrogen-bond acceptors (Lipinski definition) is 3. The first-order chi connectivity index (χ1) is 13.5. The lowest BCUT2D eigenvalue weighted by atomic mass is 9.87. The van der Waals surface area contributed by atoms with Crippen LogP contribution in [0.5, 0.6) is 11.5 Å². The van der Waals surface area contributed by atoms with Crippen molar-refractivity contribution in [2.45, 2.75) is 32.8 Å². The van der Waals surface area contributed by atoms with Crippen LogP contribution >= 0.6 is 0 Å². The molecule has 0 radical (unpaired) electrons. The van der Waals surface area contributed by atoms with Crippen LogP contribution in [0.1, 0.15) is 37.5 Å². The monoisotopic (exact) mass is 373 g/mol. The molecule has 0 aromatic heterocycles. The number of benzene rings is 3. The van der Waals surface area contributed by atoms with Gasteiger partial charge in [-0.25, -0.2) is 0 Å². The van der Waals surface area contributed by atoms with Crippen molar-refractivity contribution in [1.82, 2.24) is 0 Å². The molecule has 0 atom stereocenters. The van der Waals surface area contributed by atoms with E-state index in [4.69, 9.17) is 9.47 Å². The van der Waals surface area contributed by atoms with Crippen molar-refractivity contribution in [2.75, 3.05) is 7.11 Å². The predicted molar refractivity (Wildman–Crippen MR) is 116 cm³/mol. The zero-order chi connectivity index (χ0) is 20.0. The molecule has 0 aliphatic rings. The molecule has 144 valence electrons. The van der Waals surface area contributed by atoms with Crippen molar-refractivity contribution >= 4 is 11.9 Å². The van der Waals surface area contributed by atoms with Crippen LogP contribution in [0, 0.1) is 0 Å². The number of ether oxygens (including phenoxy) is 2. The van der Waals surface area contributed by atoms with Crippen LogP contribution < -0.4 is 9.47 Å². The molecule has 0 amide bonds. The molecule has 0 fully saturated rings. The van der Waals surface area contributed by atoms with Crippen molar-refractivity contribution in [3.8, 4) is 11.5 Å². The molecule has 0 heterocycles. The Hall–Kier alpha value is -3.07. The zero-order valence-electron chi connectivity index (χ0n) is 17.0. The van der Waals surface area contributed by atoms with Gasteiger partial charge in [-0.1, -0.05) is 69.3 Å². The molecule has 0 N–H and O–H groups in total. The van der Waals surface area contributed by atoms with E-state index in [1.54, 1.807) is 7.11 Å². The maximum Gasteiger partial charge on any atom is 0.144 e. The topological polar surface area (TPSA) is 30.8 Å². The fourth-order valence-electron chi connectivity index (χ4n) is 2.83. The molecule has 0 saturated carbocycles. The summed E-state index contributed by atoms with van der Waals surface area (Å²) in [5.74, 6) is 1.59. The Balaban J connectivity index is 1.77. The normalized spacial score (nSPS) is 11.6. The van der Waals surface area contributed by atoms with Crippen LogP contribution in [0.4, 0.5) is 5.69 Å². The van der Waals surface area contributed by atoms with Gasteiger partial charge < -0.3 is 9.47 Å². The van der Waals surface area contributed by atoms with Crippen LogP contribution in [0.25, 0.3) is 0 Å². The van der Waals surface area contributed by atoms with Crippen molar-refractivity contribution in [1.29, 1.82) is 0 Å². The Bertz CT molecular complexity index is 940. The summed E-state index contributed by atoms with van der Waals surface area (Å²) < 4.78 is 11.4. The van der Waals surface area contributed by atoms with Gasteiger partial charge in [-0.3, -0.25) is 4.99 Å². The largest absolute Gasteiger partial charge is 0.494 e. The molecule has 0 bridgehead atoms. The fraction of sp³-hybridized carbons (Fsp3) is 0.240. The van der Waals surface area contributed by atoms with E-state index in [-0.39, 0.29) is 5.41 Å². The average Bonchev–Trinajstić information content (AvgIpc) is 2.71. The summed E-state index contributed by atoms with van der Waals surface area (Å²) in [6.45, 7) is 7.12. The van der Waals surface area contributed by atoms with Crippen LogP contribution in [-0.2, 0) is 12.0 Å². The van der Waals surface area contributed by atoms with Crippen LogP contribution in [0.3, 0.4) is 0 Å². The molecule has 3 heteroatoms. The Morgan fingerprint density at radius 3 is 2.39 bits per heavy atom. The van der Waals surface area contributed by atoms with E-state index in [2.05, 4.69) is 50.0 Å². The molecule has 0 saturated heterocycles. The summed E-state index contributed by atoms with van der Waals surface area (Å²) in [5, 5.41) is 0. The second-order valence-corrected chi connectivity index (χ2v) is 7.74. The molecule has 3 rings (SSSR count). The smallest absolute Gasteiger partial charge is 0.144 e. The number of aliphatic imine (C=N–C) groups is 1. The van der Waals surface area contributed by atoms with Crippen molar-refractivity contribution in [2.24, 2.45) is 4.99 Å². The van der Waals surface area contributed by atoms with Gasteiger partial charge in [-0.15, -0.1) is 0 Å². The van der Waals surface area contributed by atoms with Crippen LogP contribution in [-0.4, -0.2) is 13.3 Å². The lowest BCUT2D eigenvalue weighted by Crippen LogP contribution is -2.10. The Labute approximate surface area is 167 Å². The highest BCUT2D eigenvalue weighted by Crippen LogP contribution is 2.33. The molecule has 0 unspecified atom stereocenters. The van der Waals surface area contributed by atoms with E-state index in [0.717, 1.165) is 28.3 Å². The van der Waals surface area contributed by atoms with Gasteiger partial charge in [0.25, 0.3) is 0 Å². The van der Waals surface area contributed by atoms with Crippen molar-refractivity contribution in [3.63, 3.8) is 0 Å². The second-order valence-electron chi connectivity index (χ2n) is 7.74. The standard InChI is InChI=1S/C25H27NO2/c1-25(2,3)21-13-14-24(27-4)23(16-21)26-17-20-11-8-12-22(15-20)28-18-19-9-6-5-7-10-19/h5-17H,18H2,1-4H3. The lowest BCUT2D eigenvalue weighted by Gasteiger charge is -2.20. The van der Waals surface area contributed by atoms with Gasteiger partial charge in [-0.05, 0) is 46.4 Å². The summed E-state index contributed by atoms with van der Waals surface area (Å²) in [7, 11) is 1.67. The van der Waals surface area contributed by atoms with Gasteiger partial charge in [0.15, 0.2) is 0 Å². The van der Waals surface area contributed by atoms with E-state index in [1.165, 1.54) is 5.56 Å². The number of rotatable bonds is 6. The molecule has 3 nitrogen and oxygen atoms in total. The summed E-state index contributed by atoms with van der Waals surface area (Å²) in [6, 6.07) is 24.2. The third-order valence-corrected chi connectivity index (χ3v) is 4.50. The van der Waals surface area contributed by atoms with Gasteiger partial charge >= 0.3 is 0 Å².